The predicted octanol–water partition coefficient (Wildman–Crippen LogP) is 1.88. The zero-order valence-electron chi connectivity index (χ0n) is 15.5. The van der Waals surface area contributed by atoms with Gasteiger partial charge < -0.3 is 15.3 Å². The van der Waals surface area contributed by atoms with Gasteiger partial charge in [-0.25, -0.2) is 4.79 Å². The molecule has 1 aliphatic rings. The van der Waals surface area contributed by atoms with Crippen molar-refractivity contribution in [3.63, 3.8) is 0 Å². The fourth-order valence-corrected chi connectivity index (χ4v) is 3.18. The van der Waals surface area contributed by atoms with Crippen LogP contribution in [-0.4, -0.2) is 27.0 Å². The van der Waals surface area contributed by atoms with Crippen LogP contribution in [0.5, 0.6) is 11.6 Å². The van der Waals surface area contributed by atoms with Gasteiger partial charge in [0.05, 0.1) is 18.4 Å². The van der Waals surface area contributed by atoms with E-state index in [0.29, 0.717) is 31.7 Å². The maximum Gasteiger partial charge on any atom is 0.331 e. The second-order valence-corrected chi connectivity index (χ2v) is 6.38. The first-order chi connectivity index (χ1) is 13.1. The maximum atomic E-state index is 12.3. The van der Waals surface area contributed by atoms with Crippen molar-refractivity contribution in [2.45, 2.75) is 45.7 Å². The van der Waals surface area contributed by atoms with Crippen LogP contribution in [0.25, 0.3) is 0 Å². The summed E-state index contributed by atoms with van der Waals surface area (Å²) in [5.74, 6) is 0.413. The number of aromatic nitrogens is 2. The molecular weight excluding hydrogens is 348 g/mol. The molecule has 8 heteroatoms. The highest BCUT2D eigenvalue weighted by Crippen LogP contribution is 2.31. The van der Waals surface area contributed by atoms with Gasteiger partial charge in [0.15, 0.2) is 0 Å². The fraction of sp³-hybridized carbons (Fsp3) is 0.421. The first-order valence-electron chi connectivity index (χ1n) is 9.17. The first kappa shape index (κ1) is 18.8. The van der Waals surface area contributed by atoms with Crippen molar-refractivity contribution in [1.29, 1.82) is 0 Å². The molecule has 0 fully saturated rings. The van der Waals surface area contributed by atoms with Gasteiger partial charge in [-0.15, -0.1) is 0 Å². The molecule has 0 aliphatic carbocycles. The van der Waals surface area contributed by atoms with Gasteiger partial charge in [0.2, 0.25) is 5.88 Å². The topological polar surface area (TPSA) is 109 Å². The molecule has 1 aliphatic heterocycles. The maximum absolute atomic E-state index is 12.3. The molecule has 27 heavy (non-hydrogen) atoms. The van der Waals surface area contributed by atoms with Gasteiger partial charge >= 0.3 is 5.69 Å². The summed E-state index contributed by atoms with van der Waals surface area (Å²) in [4.78, 5) is 26.6. The van der Waals surface area contributed by atoms with Gasteiger partial charge in [0.25, 0.3) is 5.56 Å². The van der Waals surface area contributed by atoms with Crippen LogP contribution in [-0.2, 0) is 6.54 Å². The zero-order valence-corrected chi connectivity index (χ0v) is 15.5. The standard InChI is InChI=1S/C19H24N4O4/c1-3-5-10-23-18(25)16(17(24)20-19(23)26)14-11-13(21-22-14)12-8-6-7-9-15(12)27-4-2/h6-9,13,21,25H,3-5,10-11H2,1-2H3,(H,20,24,26)/t13-/m1/s1. The molecule has 0 amide bonds. The number of hydrazone groups is 1. The number of aromatic amines is 1. The van der Waals surface area contributed by atoms with E-state index in [0.717, 1.165) is 17.7 Å². The molecule has 0 saturated heterocycles. The normalized spacial score (nSPS) is 16.1. The Balaban J connectivity index is 1.92. The molecule has 3 N–H and O–H groups in total. The molecule has 0 bridgehead atoms. The molecule has 1 aromatic heterocycles. The van der Waals surface area contributed by atoms with Crippen LogP contribution in [0.4, 0.5) is 0 Å². The number of nitrogens with zero attached hydrogens (tertiary/aromatic N) is 2. The smallest absolute Gasteiger partial charge is 0.331 e. The number of aromatic hydroxyl groups is 1. The van der Waals surface area contributed by atoms with E-state index in [2.05, 4.69) is 15.5 Å². The quantitative estimate of drug-likeness (QED) is 0.688. The minimum Gasteiger partial charge on any atom is -0.494 e. The Morgan fingerprint density at radius 3 is 2.81 bits per heavy atom. The molecule has 3 rings (SSSR count). The number of hydrogen-bond donors (Lipinski definition) is 3. The van der Waals surface area contributed by atoms with Crippen molar-refractivity contribution in [2.75, 3.05) is 6.61 Å². The first-order valence-corrected chi connectivity index (χ1v) is 9.17. The summed E-state index contributed by atoms with van der Waals surface area (Å²) in [6, 6.07) is 7.44. The lowest BCUT2D eigenvalue weighted by Gasteiger charge is -2.15. The Labute approximate surface area is 156 Å². The molecule has 0 unspecified atom stereocenters. The molecule has 0 radical (unpaired) electrons. The van der Waals surface area contributed by atoms with Gasteiger partial charge in [0, 0.05) is 18.5 Å². The van der Waals surface area contributed by atoms with E-state index in [-0.39, 0.29) is 17.5 Å². The lowest BCUT2D eigenvalue weighted by molar-refractivity contribution is 0.332. The van der Waals surface area contributed by atoms with Crippen LogP contribution < -0.4 is 21.4 Å². The highest BCUT2D eigenvalue weighted by atomic mass is 16.5. The monoisotopic (exact) mass is 372 g/mol. The summed E-state index contributed by atoms with van der Waals surface area (Å²) >= 11 is 0. The minimum absolute atomic E-state index is 0.0367. The second-order valence-electron chi connectivity index (χ2n) is 6.38. The molecule has 2 heterocycles. The number of rotatable bonds is 7. The number of nitrogens with one attached hydrogen (secondary N) is 2. The number of ether oxygens (including phenoxy) is 1. The van der Waals surface area contributed by atoms with Crippen LogP contribution in [0.3, 0.4) is 0 Å². The largest absolute Gasteiger partial charge is 0.494 e. The second kappa shape index (κ2) is 8.11. The van der Waals surface area contributed by atoms with Crippen LogP contribution in [0, 0.1) is 0 Å². The average molecular weight is 372 g/mol. The fourth-order valence-electron chi connectivity index (χ4n) is 3.18. The molecule has 1 aromatic carbocycles. The number of H-pyrrole nitrogens is 1. The summed E-state index contributed by atoms with van der Waals surface area (Å²) in [5.41, 5.74) is 3.14. The third-order valence-corrected chi connectivity index (χ3v) is 4.54. The SMILES string of the molecule is CCCCn1c(O)c(C2=NN[C@@H](c3ccccc3OCC)C2)c(=O)[nH]c1=O. The number of benzene rings is 1. The Hall–Kier alpha value is -3.03. The lowest BCUT2D eigenvalue weighted by atomic mass is 9.99. The summed E-state index contributed by atoms with van der Waals surface area (Å²) in [6.07, 6.45) is 1.97. The van der Waals surface area contributed by atoms with Crippen LogP contribution in [0.15, 0.2) is 39.0 Å². The third kappa shape index (κ3) is 3.74. The van der Waals surface area contributed by atoms with Gasteiger partial charge in [-0.1, -0.05) is 31.5 Å². The summed E-state index contributed by atoms with van der Waals surface area (Å²) in [6.45, 7) is 4.78. The van der Waals surface area contributed by atoms with Crippen molar-refractivity contribution in [3.8, 4) is 11.6 Å². The summed E-state index contributed by atoms with van der Waals surface area (Å²) in [7, 11) is 0. The Morgan fingerprint density at radius 1 is 1.30 bits per heavy atom. The minimum atomic E-state index is -0.635. The lowest BCUT2D eigenvalue weighted by Crippen LogP contribution is -2.33. The van der Waals surface area contributed by atoms with E-state index >= 15 is 0 Å². The zero-order chi connectivity index (χ0) is 19.4. The van der Waals surface area contributed by atoms with Crippen molar-refractivity contribution in [3.05, 3.63) is 56.2 Å². The highest BCUT2D eigenvalue weighted by molar-refractivity contribution is 6.03. The van der Waals surface area contributed by atoms with Crippen molar-refractivity contribution in [2.24, 2.45) is 5.10 Å². The van der Waals surface area contributed by atoms with Gasteiger partial charge in [-0.2, -0.15) is 5.10 Å². The van der Waals surface area contributed by atoms with Crippen LogP contribution >= 0.6 is 0 Å². The number of unbranched alkanes of at least 4 members (excludes halogenated alkanes) is 1. The van der Waals surface area contributed by atoms with Crippen molar-refractivity contribution < 1.29 is 9.84 Å². The van der Waals surface area contributed by atoms with Crippen LogP contribution in [0.1, 0.15) is 50.3 Å². The summed E-state index contributed by atoms with van der Waals surface area (Å²) in [5, 5.41) is 14.8. The van der Waals surface area contributed by atoms with E-state index in [1.165, 1.54) is 4.57 Å². The van der Waals surface area contributed by atoms with E-state index in [1.54, 1.807) is 0 Å². The highest BCUT2D eigenvalue weighted by Gasteiger charge is 2.28. The Morgan fingerprint density at radius 2 is 2.07 bits per heavy atom. The molecule has 144 valence electrons. The van der Waals surface area contributed by atoms with Gasteiger partial charge in [0.1, 0.15) is 11.3 Å². The van der Waals surface area contributed by atoms with Crippen molar-refractivity contribution in [1.82, 2.24) is 15.0 Å². The molecule has 0 saturated carbocycles. The van der Waals surface area contributed by atoms with Crippen LogP contribution in [0.2, 0.25) is 0 Å². The van der Waals surface area contributed by atoms with E-state index in [9.17, 15) is 14.7 Å². The van der Waals surface area contributed by atoms with Gasteiger partial charge in [-0.3, -0.25) is 14.3 Å². The molecule has 1 atom stereocenters. The Kier molecular flexibility index (Phi) is 5.63. The molecule has 8 nitrogen and oxygen atoms in total. The van der Waals surface area contributed by atoms with E-state index in [4.69, 9.17) is 4.74 Å². The Bertz CT molecular complexity index is 961. The third-order valence-electron chi connectivity index (χ3n) is 4.54. The molecule has 0 spiro atoms. The number of hydrogen-bond acceptors (Lipinski definition) is 6. The molecule has 2 aromatic rings. The van der Waals surface area contributed by atoms with E-state index in [1.807, 2.05) is 38.1 Å². The van der Waals surface area contributed by atoms with Crippen molar-refractivity contribution >= 4 is 5.71 Å². The summed E-state index contributed by atoms with van der Waals surface area (Å²) < 4.78 is 6.85. The number of para-hydroxylation sites is 1. The average Bonchev–Trinajstić information content (AvgIpc) is 3.11. The predicted molar refractivity (Wildman–Crippen MR) is 103 cm³/mol. The molecular formula is C19H24N4O4. The van der Waals surface area contributed by atoms with Gasteiger partial charge in [-0.05, 0) is 19.4 Å². The van der Waals surface area contributed by atoms with E-state index < -0.39 is 11.2 Å².